The maximum atomic E-state index is 12.0. The number of hydrogen-bond acceptors (Lipinski definition) is 6. The number of aliphatic hydroxyl groups excluding tert-OH is 2. The number of esters is 2. The lowest BCUT2D eigenvalue weighted by Gasteiger charge is -2.15. The Hall–Kier alpha value is -2.18. The number of allylic oxidation sites excluding steroid dienone is 7. The first-order valence-electron chi connectivity index (χ1n) is 14.3. The molecule has 0 heterocycles. The first kappa shape index (κ1) is 34.8. The molecule has 0 saturated heterocycles. The van der Waals surface area contributed by atoms with Gasteiger partial charge in [0, 0.05) is 12.8 Å². The van der Waals surface area contributed by atoms with Gasteiger partial charge in [-0.05, 0) is 44.9 Å². The molecule has 0 unspecified atom stereocenters. The Morgan fingerprint density at radius 1 is 0.730 bits per heavy atom. The average Bonchev–Trinajstić information content (AvgIpc) is 2.89. The first-order valence-corrected chi connectivity index (χ1v) is 14.3. The number of unbranched alkanes of at least 4 members (excludes halogenated alkanes) is 6. The highest BCUT2D eigenvalue weighted by molar-refractivity contribution is 5.70. The molecule has 0 saturated carbocycles. The van der Waals surface area contributed by atoms with Gasteiger partial charge < -0.3 is 19.7 Å². The minimum absolute atomic E-state index is 0.101. The zero-order chi connectivity index (χ0) is 27.4. The van der Waals surface area contributed by atoms with Crippen LogP contribution in [0.25, 0.3) is 0 Å². The number of rotatable bonds is 24. The van der Waals surface area contributed by atoms with E-state index in [9.17, 15) is 19.8 Å². The van der Waals surface area contributed by atoms with E-state index in [0.29, 0.717) is 12.8 Å². The van der Waals surface area contributed by atoms with Crippen LogP contribution < -0.4 is 0 Å². The van der Waals surface area contributed by atoms with Crippen LogP contribution in [0.3, 0.4) is 0 Å². The molecule has 37 heavy (non-hydrogen) atoms. The van der Waals surface area contributed by atoms with Gasteiger partial charge in [-0.2, -0.15) is 0 Å². The Bertz CT molecular complexity index is 665. The number of ether oxygens (including phenoxy) is 2. The second-order valence-electron chi connectivity index (χ2n) is 9.29. The maximum absolute atomic E-state index is 12.0. The molecule has 2 N–H and O–H groups in total. The molecule has 0 amide bonds. The van der Waals surface area contributed by atoms with Crippen molar-refractivity contribution in [3.8, 4) is 0 Å². The second kappa shape index (κ2) is 26.9. The van der Waals surface area contributed by atoms with Crippen LogP contribution in [0.2, 0.25) is 0 Å². The summed E-state index contributed by atoms with van der Waals surface area (Å²) >= 11 is 0. The normalized spacial score (nSPS) is 13.7. The largest absolute Gasteiger partial charge is 0.462 e. The summed E-state index contributed by atoms with van der Waals surface area (Å²) in [7, 11) is 0. The molecule has 0 aromatic carbocycles. The van der Waals surface area contributed by atoms with E-state index in [2.05, 4.69) is 44.2 Å². The van der Waals surface area contributed by atoms with Crippen molar-refractivity contribution in [2.45, 2.75) is 122 Å². The fourth-order valence-electron chi connectivity index (χ4n) is 3.44. The molecular formula is C31H52O6. The van der Waals surface area contributed by atoms with E-state index in [1.165, 1.54) is 6.42 Å². The highest BCUT2D eigenvalue weighted by atomic mass is 16.6. The van der Waals surface area contributed by atoms with Crippen molar-refractivity contribution in [3.05, 3.63) is 48.6 Å². The predicted molar refractivity (Wildman–Crippen MR) is 151 cm³/mol. The summed E-state index contributed by atoms with van der Waals surface area (Å²) in [6.07, 6.45) is 28.2. The van der Waals surface area contributed by atoms with Gasteiger partial charge in [-0.1, -0.05) is 101 Å². The highest BCUT2D eigenvalue weighted by Gasteiger charge is 2.15. The molecule has 0 aromatic rings. The second-order valence-corrected chi connectivity index (χ2v) is 9.29. The van der Waals surface area contributed by atoms with Crippen molar-refractivity contribution in [3.63, 3.8) is 0 Å². The SMILES string of the molecule is CCCCCCCC(=O)OC[C@H](CO)OC(=O)CCC/C=C\C/C=C\C/C=C\C/C=C\[C@H](O)CCCC. The maximum Gasteiger partial charge on any atom is 0.306 e. The standard InChI is InChI=1S/C31H52O6/c1-3-5-7-16-20-24-30(34)36-27-29(26-32)37-31(35)25-21-18-15-13-11-9-8-10-12-14-17-19-23-28(33)22-6-4-2/h8-9,12-15,19,23,28-29,32-33H,3-7,10-11,16-18,20-22,24-27H2,1-2H3/b9-8-,14-12-,15-13-,23-19-/t28-,29+/m1/s1. The molecule has 0 rings (SSSR count). The minimum atomic E-state index is -0.806. The molecule has 0 aliphatic carbocycles. The third-order valence-electron chi connectivity index (χ3n) is 5.70. The lowest BCUT2D eigenvalue weighted by Crippen LogP contribution is -2.28. The van der Waals surface area contributed by atoms with Crippen molar-refractivity contribution in [2.75, 3.05) is 13.2 Å². The number of carbonyl (C=O) groups excluding carboxylic acids is 2. The zero-order valence-corrected chi connectivity index (χ0v) is 23.3. The van der Waals surface area contributed by atoms with Crippen molar-refractivity contribution in [1.29, 1.82) is 0 Å². The van der Waals surface area contributed by atoms with Crippen LogP contribution in [-0.4, -0.2) is 47.6 Å². The molecule has 0 bridgehead atoms. The minimum Gasteiger partial charge on any atom is -0.462 e. The highest BCUT2D eigenvalue weighted by Crippen LogP contribution is 2.07. The molecule has 2 atom stereocenters. The van der Waals surface area contributed by atoms with Gasteiger partial charge in [0.2, 0.25) is 0 Å². The molecule has 0 fully saturated rings. The Morgan fingerprint density at radius 2 is 1.32 bits per heavy atom. The molecule has 0 aromatic heterocycles. The lowest BCUT2D eigenvalue weighted by atomic mass is 10.1. The molecule has 6 heteroatoms. The summed E-state index contributed by atoms with van der Waals surface area (Å²) in [5.74, 6) is -0.702. The van der Waals surface area contributed by atoms with E-state index in [1.807, 2.05) is 18.2 Å². The van der Waals surface area contributed by atoms with Gasteiger partial charge in [0.25, 0.3) is 0 Å². The number of hydrogen-bond donors (Lipinski definition) is 2. The monoisotopic (exact) mass is 520 g/mol. The van der Waals surface area contributed by atoms with E-state index in [1.54, 1.807) is 0 Å². The molecular weight excluding hydrogens is 468 g/mol. The van der Waals surface area contributed by atoms with Crippen LogP contribution >= 0.6 is 0 Å². The molecule has 212 valence electrons. The van der Waals surface area contributed by atoms with Crippen LogP contribution in [-0.2, 0) is 19.1 Å². The zero-order valence-electron chi connectivity index (χ0n) is 23.3. The summed E-state index contributed by atoms with van der Waals surface area (Å²) in [4.78, 5) is 23.7. The quantitative estimate of drug-likeness (QED) is 0.0816. The summed E-state index contributed by atoms with van der Waals surface area (Å²) in [6.45, 7) is 3.80. The van der Waals surface area contributed by atoms with Gasteiger partial charge in [0.05, 0.1) is 12.7 Å². The molecule has 0 aliphatic rings. The van der Waals surface area contributed by atoms with E-state index < -0.39 is 6.10 Å². The van der Waals surface area contributed by atoms with Crippen LogP contribution in [0.15, 0.2) is 48.6 Å². The van der Waals surface area contributed by atoms with Gasteiger partial charge in [0.1, 0.15) is 6.61 Å². The van der Waals surface area contributed by atoms with Gasteiger partial charge in [-0.15, -0.1) is 0 Å². The smallest absolute Gasteiger partial charge is 0.306 e. The van der Waals surface area contributed by atoms with Crippen molar-refractivity contribution >= 4 is 11.9 Å². The molecule has 0 spiro atoms. The number of aliphatic hydroxyl groups is 2. The van der Waals surface area contributed by atoms with Crippen LogP contribution in [0.1, 0.15) is 110 Å². The van der Waals surface area contributed by atoms with Gasteiger partial charge in [-0.3, -0.25) is 9.59 Å². The molecule has 0 aliphatic heterocycles. The van der Waals surface area contributed by atoms with Crippen LogP contribution in [0, 0.1) is 0 Å². The first-order chi connectivity index (χ1) is 18.0. The average molecular weight is 521 g/mol. The lowest BCUT2D eigenvalue weighted by molar-refractivity contribution is -0.161. The topological polar surface area (TPSA) is 93.1 Å². The number of carbonyl (C=O) groups is 2. The molecule has 6 nitrogen and oxygen atoms in total. The van der Waals surface area contributed by atoms with E-state index in [4.69, 9.17) is 9.47 Å². The van der Waals surface area contributed by atoms with E-state index in [-0.39, 0.29) is 37.7 Å². The Balaban J connectivity index is 3.80. The summed E-state index contributed by atoms with van der Waals surface area (Å²) in [5.41, 5.74) is 0. The Labute approximate surface area is 225 Å². The molecule has 0 radical (unpaired) electrons. The fraction of sp³-hybridized carbons (Fsp3) is 0.677. The van der Waals surface area contributed by atoms with E-state index in [0.717, 1.165) is 70.6 Å². The summed E-state index contributed by atoms with van der Waals surface area (Å²) in [5, 5.41) is 19.1. The third kappa shape index (κ3) is 25.3. The Kier molecular flexibility index (Phi) is 25.3. The van der Waals surface area contributed by atoms with Crippen LogP contribution in [0.4, 0.5) is 0 Å². The third-order valence-corrected chi connectivity index (χ3v) is 5.70. The predicted octanol–water partition coefficient (Wildman–Crippen LogP) is 6.91. The summed E-state index contributed by atoms with van der Waals surface area (Å²) in [6, 6.07) is 0. The van der Waals surface area contributed by atoms with Gasteiger partial charge in [-0.25, -0.2) is 0 Å². The van der Waals surface area contributed by atoms with Crippen LogP contribution in [0.5, 0.6) is 0 Å². The Morgan fingerprint density at radius 3 is 1.97 bits per heavy atom. The van der Waals surface area contributed by atoms with Crippen molar-refractivity contribution < 1.29 is 29.3 Å². The fourth-order valence-corrected chi connectivity index (χ4v) is 3.44. The van der Waals surface area contributed by atoms with Crippen molar-refractivity contribution in [2.24, 2.45) is 0 Å². The van der Waals surface area contributed by atoms with Gasteiger partial charge in [0.15, 0.2) is 6.10 Å². The van der Waals surface area contributed by atoms with Crippen molar-refractivity contribution in [1.82, 2.24) is 0 Å². The van der Waals surface area contributed by atoms with E-state index >= 15 is 0 Å². The van der Waals surface area contributed by atoms with Gasteiger partial charge >= 0.3 is 11.9 Å². The summed E-state index contributed by atoms with van der Waals surface area (Å²) < 4.78 is 10.4.